The summed E-state index contributed by atoms with van der Waals surface area (Å²) in [5, 5.41) is -0.586. The Morgan fingerprint density at radius 3 is 2.47 bits per heavy atom. The van der Waals surface area contributed by atoms with Crippen LogP contribution < -0.4 is 4.72 Å². The van der Waals surface area contributed by atoms with E-state index in [2.05, 4.69) is 4.72 Å². The first kappa shape index (κ1) is 12.0. The number of halogens is 1. The number of sulfonamides is 1. The Morgan fingerprint density at radius 2 is 1.93 bits per heavy atom. The van der Waals surface area contributed by atoms with E-state index in [-0.39, 0.29) is 5.69 Å². The van der Waals surface area contributed by atoms with Crippen LogP contribution in [0.2, 0.25) is 0 Å². The van der Waals surface area contributed by atoms with Crippen molar-refractivity contribution in [2.45, 2.75) is 26.0 Å². The molecule has 1 N–H and O–H groups in total. The number of hydrogen-bond donors (Lipinski definition) is 1. The number of nitrogens with one attached hydrogen (secondary N) is 1. The molecule has 15 heavy (non-hydrogen) atoms. The van der Waals surface area contributed by atoms with Gasteiger partial charge in [0.15, 0.2) is 0 Å². The molecule has 0 radical (unpaired) electrons. The molecule has 0 unspecified atom stereocenters. The molecular formula is C10H14FNO2S. The van der Waals surface area contributed by atoms with E-state index < -0.39 is 21.1 Å². The minimum atomic E-state index is -3.48. The van der Waals surface area contributed by atoms with E-state index in [1.165, 1.54) is 26.0 Å². The standard InChI is InChI=1S/C10H14FNO2S/c1-7(2)15(13,14)12-10-6-8(3)4-5-9(10)11/h4-7,12H,1-3H3. The summed E-state index contributed by atoms with van der Waals surface area (Å²) in [6.07, 6.45) is 0. The van der Waals surface area contributed by atoms with Crippen molar-refractivity contribution in [1.29, 1.82) is 0 Å². The van der Waals surface area contributed by atoms with Gasteiger partial charge in [-0.15, -0.1) is 0 Å². The summed E-state index contributed by atoms with van der Waals surface area (Å²) in [7, 11) is -3.48. The van der Waals surface area contributed by atoms with Crippen molar-refractivity contribution in [1.82, 2.24) is 0 Å². The fraction of sp³-hybridized carbons (Fsp3) is 0.400. The van der Waals surface area contributed by atoms with Crippen LogP contribution in [0, 0.1) is 12.7 Å². The molecule has 0 spiro atoms. The zero-order valence-electron chi connectivity index (χ0n) is 8.91. The van der Waals surface area contributed by atoms with Crippen molar-refractivity contribution in [3.8, 4) is 0 Å². The first-order chi connectivity index (χ1) is 6.83. The second-order valence-electron chi connectivity index (χ2n) is 3.68. The van der Waals surface area contributed by atoms with E-state index in [4.69, 9.17) is 0 Å². The lowest BCUT2D eigenvalue weighted by Crippen LogP contribution is -2.23. The normalized spacial score (nSPS) is 11.8. The van der Waals surface area contributed by atoms with Gasteiger partial charge in [0, 0.05) is 0 Å². The monoisotopic (exact) mass is 231 g/mol. The van der Waals surface area contributed by atoms with E-state index >= 15 is 0 Å². The summed E-state index contributed by atoms with van der Waals surface area (Å²) in [4.78, 5) is 0. The fourth-order valence-corrected chi connectivity index (χ4v) is 1.69. The van der Waals surface area contributed by atoms with Gasteiger partial charge in [-0.3, -0.25) is 4.72 Å². The minimum Gasteiger partial charge on any atom is -0.280 e. The zero-order chi connectivity index (χ0) is 11.6. The van der Waals surface area contributed by atoms with Gasteiger partial charge in [-0.1, -0.05) is 6.07 Å². The summed E-state index contributed by atoms with van der Waals surface area (Å²) in [5.41, 5.74) is 0.807. The van der Waals surface area contributed by atoms with Gasteiger partial charge in [0.25, 0.3) is 0 Å². The molecule has 0 aliphatic carbocycles. The zero-order valence-corrected chi connectivity index (χ0v) is 9.73. The van der Waals surface area contributed by atoms with Crippen LogP contribution in [0.3, 0.4) is 0 Å². The van der Waals surface area contributed by atoms with E-state index in [1.807, 2.05) is 0 Å². The van der Waals surface area contributed by atoms with Crippen molar-refractivity contribution in [2.24, 2.45) is 0 Å². The van der Waals surface area contributed by atoms with Gasteiger partial charge in [-0.25, -0.2) is 12.8 Å². The minimum absolute atomic E-state index is 0.00343. The second-order valence-corrected chi connectivity index (χ2v) is 5.92. The van der Waals surface area contributed by atoms with Crippen molar-refractivity contribution >= 4 is 15.7 Å². The average molecular weight is 231 g/mol. The second kappa shape index (κ2) is 4.18. The van der Waals surface area contributed by atoms with Crippen molar-refractivity contribution in [2.75, 3.05) is 4.72 Å². The lowest BCUT2D eigenvalue weighted by molar-refractivity contribution is 0.590. The molecule has 0 heterocycles. The van der Waals surface area contributed by atoms with Gasteiger partial charge in [-0.05, 0) is 38.5 Å². The highest BCUT2D eigenvalue weighted by atomic mass is 32.2. The highest BCUT2D eigenvalue weighted by Gasteiger charge is 2.17. The molecule has 3 nitrogen and oxygen atoms in total. The molecule has 1 aromatic rings. The Hall–Kier alpha value is -1.10. The predicted molar refractivity (Wildman–Crippen MR) is 58.8 cm³/mol. The Balaban J connectivity index is 3.05. The Labute approximate surface area is 89.4 Å². The molecule has 1 rings (SSSR count). The number of anilines is 1. The summed E-state index contributed by atoms with van der Waals surface area (Å²) >= 11 is 0. The smallest absolute Gasteiger partial charge is 0.235 e. The third-order valence-electron chi connectivity index (χ3n) is 1.99. The molecule has 0 fully saturated rings. The molecule has 0 aliphatic heterocycles. The van der Waals surface area contributed by atoms with E-state index in [0.29, 0.717) is 0 Å². The Bertz CT molecular complexity index is 454. The number of benzene rings is 1. The maximum atomic E-state index is 13.2. The van der Waals surface area contributed by atoms with Gasteiger partial charge in [0.05, 0.1) is 10.9 Å². The van der Waals surface area contributed by atoms with Crippen LogP contribution in [0.1, 0.15) is 19.4 Å². The third kappa shape index (κ3) is 2.92. The first-order valence-corrected chi connectivity index (χ1v) is 6.15. The Morgan fingerprint density at radius 1 is 1.33 bits per heavy atom. The number of aryl methyl sites for hydroxylation is 1. The van der Waals surface area contributed by atoms with Crippen LogP contribution in [0.5, 0.6) is 0 Å². The van der Waals surface area contributed by atoms with Gasteiger partial charge in [0.1, 0.15) is 5.82 Å². The maximum absolute atomic E-state index is 13.2. The third-order valence-corrected chi connectivity index (χ3v) is 3.74. The van der Waals surface area contributed by atoms with E-state index in [1.54, 1.807) is 13.0 Å². The van der Waals surface area contributed by atoms with Crippen LogP contribution in [-0.2, 0) is 10.0 Å². The van der Waals surface area contributed by atoms with E-state index in [9.17, 15) is 12.8 Å². The van der Waals surface area contributed by atoms with E-state index in [0.717, 1.165) is 5.56 Å². The Kier molecular flexibility index (Phi) is 3.34. The highest BCUT2D eigenvalue weighted by molar-refractivity contribution is 7.93. The fourth-order valence-electron chi connectivity index (χ4n) is 0.988. The van der Waals surface area contributed by atoms with Gasteiger partial charge < -0.3 is 0 Å². The SMILES string of the molecule is Cc1ccc(F)c(NS(=O)(=O)C(C)C)c1. The lowest BCUT2D eigenvalue weighted by Gasteiger charge is -2.11. The largest absolute Gasteiger partial charge is 0.280 e. The van der Waals surface area contributed by atoms with Crippen LogP contribution in [0.15, 0.2) is 18.2 Å². The molecule has 0 saturated carbocycles. The van der Waals surface area contributed by atoms with Crippen molar-refractivity contribution in [3.05, 3.63) is 29.6 Å². The molecule has 0 atom stereocenters. The molecule has 1 aromatic carbocycles. The number of hydrogen-bond acceptors (Lipinski definition) is 2. The first-order valence-electron chi connectivity index (χ1n) is 4.60. The van der Waals surface area contributed by atoms with Crippen molar-refractivity contribution in [3.63, 3.8) is 0 Å². The summed E-state index contributed by atoms with van der Waals surface area (Å²) in [6, 6.07) is 4.30. The topological polar surface area (TPSA) is 46.2 Å². The molecule has 0 amide bonds. The molecule has 0 bridgehead atoms. The molecule has 0 saturated heterocycles. The highest BCUT2D eigenvalue weighted by Crippen LogP contribution is 2.18. The predicted octanol–water partition coefficient (Wildman–Crippen LogP) is 2.28. The molecular weight excluding hydrogens is 217 g/mol. The molecule has 84 valence electrons. The van der Waals surface area contributed by atoms with Crippen LogP contribution in [-0.4, -0.2) is 13.7 Å². The molecule has 5 heteroatoms. The van der Waals surface area contributed by atoms with Gasteiger partial charge in [-0.2, -0.15) is 0 Å². The van der Waals surface area contributed by atoms with Crippen LogP contribution in [0.25, 0.3) is 0 Å². The lowest BCUT2D eigenvalue weighted by atomic mass is 10.2. The van der Waals surface area contributed by atoms with Gasteiger partial charge >= 0.3 is 0 Å². The van der Waals surface area contributed by atoms with Crippen LogP contribution in [0.4, 0.5) is 10.1 Å². The average Bonchev–Trinajstić information content (AvgIpc) is 2.10. The van der Waals surface area contributed by atoms with Crippen molar-refractivity contribution < 1.29 is 12.8 Å². The quantitative estimate of drug-likeness (QED) is 0.867. The molecule has 0 aliphatic rings. The summed E-state index contributed by atoms with van der Waals surface area (Å²) in [6.45, 7) is 4.85. The van der Waals surface area contributed by atoms with Crippen LogP contribution >= 0.6 is 0 Å². The number of rotatable bonds is 3. The summed E-state index contributed by atoms with van der Waals surface area (Å²) < 4.78 is 38.4. The molecule has 0 aromatic heterocycles. The summed E-state index contributed by atoms with van der Waals surface area (Å²) in [5.74, 6) is -0.565. The maximum Gasteiger partial charge on any atom is 0.235 e. The van der Waals surface area contributed by atoms with Gasteiger partial charge in [0.2, 0.25) is 10.0 Å².